The van der Waals surface area contributed by atoms with Crippen molar-refractivity contribution in [3.63, 3.8) is 0 Å². The van der Waals surface area contributed by atoms with E-state index in [2.05, 4.69) is 62.9 Å². The van der Waals surface area contributed by atoms with E-state index in [-0.39, 0.29) is 5.41 Å². The predicted octanol–water partition coefficient (Wildman–Crippen LogP) is 3.37. The van der Waals surface area contributed by atoms with Crippen LogP contribution in [0.3, 0.4) is 0 Å². The third-order valence-electron chi connectivity index (χ3n) is 4.61. The van der Waals surface area contributed by atoms with Crippen molar-refractivity contribution >= 4 is 5.82 Å². The fourth-order valence-corrected chi connectivity index (χ4v) is 2.62. The van der Waals surface area contributed by atoms with E-state index in [1.54, 1.807) is 0 Å². The van der Waals surface area contributed by atoms with E-state index >= 15 is 0 Å². The maximum absolute atomic E-state index is 4.71. The molecule has 0 N–H and O–H groups in total. The van der Waals surface area contributed by atoms with Gasteiger partial charge in [-0.3, -0.25) is 0 Å². The first-order valence-electron chi connectivity index (χ1n) is 7.77. The molecule has 3 nitrogen and oxygen atoms in total. The van der Waals surface area contributed by atoms with Gasteiger partial charge in [-0.2, -0.15) is 0 Å². The zero-order chi connectivity index (χ0) is 14.8. The second-order valence-electron chi connectivity index (χ2n) is 7.18. The molecule has 3 heteroatoms. The topological polar surface area (TPSA) is 19.4 Å². The molecule has 0 bridgehead atoms. The van der Waals surface area contributed by atoms with E-state index in [1.807, 2.05) is 0 Å². The van der Waals surface area contributed by atoms with Crippen molar-refractivity contribution in [2.75, 3.05) is 38.1 Å². The van der Waals surface area contributed by atoms with Crippen LogP contribution in [-0.2, 0) is 0 Å². The Labute approximate surface area is 124 Å². The van der Waals surface area contributed by atoms with Gasteiger partial charge in [-0.05, 0) is 43.0 Å². The maximum Gasteiger partial charge on any atom is 0.128 e. The van der Waals surface area contributed by atoms with Crippen LogP contribution in [0.25, 0.3) is 0 Å². The van der Waals surface area contributed by atoms with Gasteiger partial charge in [-0.1, -0.05) is 33.8 Å². The van der Waals surface area contributed by atoms with Gasteiger partial charge in [0.05, 0.1) is 0 Å². The summed E-state index contributed by atoms with van der Waals surface area (Å²) >= 11 is 0. The minimum atomic E-state index is 0.286. The Morgan fingerprint density at radius 2 is 1.85 bits per heavy atom. The highest BCUT2D eigenvalue weighted by Crippen LogP contribution is 2.34. The van der Waals surface area contributed by atoms with Gasteiger partial charge in [-0.25, -0.2) is 4.98 Å². The Hall–Kier alpha value is -1.09. The zero-order valence-corrected chi connectivity index (χ0v) is 13.7. The number of hydrogen-bond donors (Lipinski definition) is 0. The van der Waals surface area contributed by atoms with Crippen LogP contribution < -0.4 is 4.90 Å². The third-order valence-corrected chi connectivity index (χ3v) is 4.61. The lowest BCUT2D eigenvalue weighted by Crippen LogP contribution is -2.29. The van der Waals surface area contributed by atoms with E-state index in [1.165, 1.54) is 18.5 Å². The van der Waals surface area contributed by atoms with Crippen LogP contribution in [0.1, 0.15) is 45.6 Å². The SMILES string of the molecule is C[C@H](c1ccc(N2CCCN(C)CC2)nc1)C(C)(C)C. The molecule has 20 heavy (non-hydrogen) atoms. The Morgan fingerprint density at radius 3 is 2.45 bits per heavy atom. The van der Waals surface area contributed by atoms with E-state index < -0.39 is 0 Å². The van der Waals surface area contributed by atoms with Crippen molar-refractivity contribution in [2.45, 2.75) is 40.0 Å². The highest BCUT2D eigenvalue weighted by atomic mass is 15.2. The Kier molecular flexibility index (Phi) is 4.69. The molecule has 1 saturated heterocycles. The first-order valence-corrected chi connectivity index (χ1v) is 7.77. The summed E-state index contributed by atoms with van der Waals surface area (Å²) < 4.78 is 0. The molecular formula is C17H29N3. The molecule has 2 heterocycles. The van der Waals surface area contributed by atoms with E-state index in [0.29, 0.717) is 5.92 Å². The lowest BCUT2D eigenvalue weighted by Gasteiger charge is -2.28. The summed E-state index contributed by atoms with van der Waals surface area (Å²) in [4.78, 5) is 9.52. The van der Waals surface area contributed by atoms with E-state index in [4.69, 9.17) is 4.98 Å². The summed E-state index contributed by atoms with van der Waals surface area (Å²) in [7, 11) is 2.20. The second kappa shape index (κ2) is 6.13. The number of rotatable bonds is 2. The average Bonchev–Trinajstić information content (AvgIpc) is 2.62. The van der Waals surface area contributed by atoms with Gasteiger partial charge < -0.3 is 9.80 Å². The molecule has 0 saturated carbocycles. The minimum Gasteiger partial charge on any atom is -0.355 e. The van der Waals surface area contributed by atoms with Crippen molar-refractivity contribution in [3.05, 3.63) is 23.9 Å². The van der Waals surface area contributed by atoms with Gasteiger partial charge in [-0.15, -0.1) is 0 Å². The molecule has 1 aliphatic heterocycles. The van der Waals surface area contributed by atoms with Crippen LogP contribution in [0.15, 0.2) is 18.3 Å². The van der Waals surface area contributed by atoms with Crippen molar-refractivity contribution < 1.29 is 0 Å². The number of aromatic nitrogens is 1. The third kappa shape index (κ3) is 3.72. The monoisotopic (exact) mass is 275 g/mol. The van der Waals surface area contributed by atoms with Gasteiger partial charge in [0.25, 0.3) is 0 Å². The molecule has 1 aromatic rings. The molecule has 0 spiro atoms. The number of pyridine rings is 1. The molecule has 112 valence electrons. The standard InChI is InChI=1S/C17H29N3/c1-14(17(2,3)4)15-7-8-16(18-13-15)20-10-6-9-19(5)11-12-20/h7-8,13-14H,6,9-12H2,1-5H3/t14-/m1/s1. The lowest BCUT2D eigenvalue weighted by molar-refractivity contribution is 0.339. The summed E-state index contributed by atoms with van der Waals surface area (Å²) in [5.74, 6) is 1.66. The summed E-state index contributed by atoms with van der Waals surface area (Å²) in [5.41, 5.74) is 1.63. The zero-order valence-electron chi connectivity index (χ0n) is 13.7. The van der Waals surface area contributed by atoms with Gasteiger partial charge >= 0.3 is 0 Å². The number of nitrogens with zero attached hydrogens (tertiary/aromatic N) is 3. The molecule has 0 amide bonds. The fourth-order valence-electron chi connectivity index (χ4n) is 2.62. The first-order chi connectivity index (χ1) is 9.38. The smallest absolute Gasteiger partial charge is 0.128 e. The molecule has 1 atom stereocenters. The molecular weight excluding hydrogens is 246 g/mol. The van der Waals surface area contributed by atoms with Crippen LogP contribution in [0, 0.1) is 5.41 Å². The Bertz CT molecular complexity index is 419. The second-order valence-corrected chi connectivity index (χ2v) is 7.18. The minimum absolute atomic E-state index is 0.286. The van der Waals surface area contributed by atoms with E-state index in [0.717, 1.165) is 25.5 Å². The fraction of sp³-hybridized carbons (Fsp3) is 0.706. The van der Waals surface area contributed by atoms with Crippen molar-refractivity contribution in [3.8, 4) is 0 Å². The molecule has 0 radical (unpaired) electrons. The van der Waals surface area contributed by atoms with Crippen LogP contribution in [0.4, 0.5) is 5.82 Å². The summed E-state index contributed by atoms with van der Waals surface area (Å²) in [6.45, 7) is 13.7. The summed E-state index contributed by atoms with van der Waals surface area (Å²) in [6, 6.07) is 4.45. The normalized spacial score (nSPS) is 19.8. The number of anilines is 1. The summed E-state index contributed by atoms with van der Waals surface area (Å²) in [5, 5.41) is 0. The van der Waals surface area contributed by atoms with E-state index in [9.17, 15) is 0 Å². The molecule has 1 fully saturated rings. The Morgan fingerprint density at radius 1 is 1.10 bits per heavy atom. The van der Waals surface area contributed by atoms with Crippen molar-refractivity contribution in [2.24, 2.45) is 5.41 Å². The molecule has 1 aromatic heterocycles. The first kappa shape index (κ1) is 15.3. The number of likely N-dealkylation sites (N-methyl/N-ethyl adjacent to an activating group) is 1. The van der Waals surface area contributed by atoms with Gasteiger partial charge in [0.15, 0.2) is 0 Å². The van der Waals surface area contributed by atoms with Gasteiger partial charge in [0, 0.05) is 25.8 Å². The number of hydrogen-bond acceptors (Lipinski definition) is 3. The van der Waals surface area contributed by atoms with Crippen LogP contribution in [0.5, 0.6) is 0 Å². The quantitative estimate of drug-likeness (QED) is 0.825. The molecule has 0 unspecified atom stereocenters. The Balaban J connectivity index is 2.08. The largest absolute Gasteiger partial charge is 0.355 e. The molecule has 0 aliphatic carbocycles. The van der Waals surface area contributed by atoms with Crippen LogP contribution in [-0.4, -0.2) is 43.1 Å². The predicted molar refractivity (Wildman–Crippen MR) is 86.4 cm³/mol. The lowest BCUT2D eigenvalue weighted by atomic mass is 9.78. The molecule has 2 rings (SSSR count). The highest BCUT2D eigenvalue weighted by molar-refractivity contribution is 5.40. The van der Waals surface area contributed by atoms with Crippen LogP contribution in [0.2, 0.25) is 0 Å². The maximum atomic E-state index is 4.71. The summed E-state index contributed by atoms with van der Waals surface area (Å²) in [6.07, 6.45) is 3.29. The van der Waals surface area contributed by atoms with Gasteiger partial charge in [0.2, 0.25) is 0 Å². The molecule has 0 aromatic carbocycles. The van der Waals surface area contributed by atoms with Crippen LogP contribution >= 0.6 is 0 Å². The molecule has 1 aliphatic rings. The van der Waals surface area contributed by atoms with Crippen molar-refractivity contribution in [1.29, 1.82) is 0 Å². The van der Waals surface area contributed by atoms with Gasteiger partial charge in [0.1, 0.15) is 5.82 Å². The average molecular weight is 275 g/mol. The highest BCUT2D eigenvalue weighted by Gasteiger charge is 2.22. The van der Waals surface area contributed by atoms with Crippen molar-refractivity contribution in [1.82, 2.24) is 9.88 Å².